The first-order valence-electron chi connectivity index (χ1n) is 13.5. The highest BCUT2D eigenvalue weighted by atomic mass is 19.4. The molecule has 1 aliphatic heterocycles. The Hall–Kier alpha value is -5.85. The van der Waals surface area contributed by atoms with Crippen LogP contribution in [-0.4, -0.2) is 46.3 Å². The Balaban J connectivity index is 1.53. The molecule has 1 aliphatic rings. The standard InChI is InChI=1S/C32H23F3N4O6/c1-38(30(42)43)29-36-25-15-14-20(16-26(25)37-29)31(45-28(41)32(33,34)35)24-13-6-5-12-23(24)27(40)39(31)21-10-7-11-22(17-21)44-18-19-8-3-2-4-9-19/h2-17H,18H2,1H3,(H,36,37)(H,42,43). The van der Waals surface area contributed by atoms with Crippen molar-refractivity contribution in [2.45, 2.75) is 18.5 Å². The largest absolute Gasteiger partial charge is 0.491 e. The Kier molecular flexibility index (Phi) is 7.15. The number of benzene rings is 4. The van der Waals surface area contributed by atoms with Crippen molar-refractivity contribution in [2.75, 3.05) is 16.8 Å². The van der Waals surface area contributed by atoms with Gasteiger partial charge in [-0.15, -0.1) is 0 Å². The Morgan fingerprint density at radius 2 is 1.71 bits per heavy atom. The molecule has 2 N–H and O–H groups in total. The maximum absolute atomic E-state index is 14.1. The molecule has 228 valence electrons. The first-order valence-corrected chi connectivity index (χ1v) is 13.5. The van der Waals surface area contributed by atoms with Crippen molar-refractivity contribution in [1.29, 1.82) is 0 Å². The topological polar surface area (TPSA) is 125 Å². The number of H-pyrrole nitrogens is 1. The lowest BCUT2D eigenvalue weighted by Gasteiger charge is -2.39. The molecule has 1 aromatic heterocycles. The zero-order valence-corrected chi connectivity index (χ0v) is 23.4. The molecule has 0 radical (unpaired) electrons. The zero-order valence-electron chi connectivity index (χ0n) is 23.4. The van der Waals surface area contributed by atoms with Gasteiger partial charge in [-0.3, -0.25) is 14.6 Å². The molecule has 0 saturated heterocycles. The summed E-state index contributed by atoms with van der Waals surface area (Å²) in [5.74, 6) is -3.00. The van der Waals surface area contributed by atoms with Crippen molar-refractivity contribution in [3.63, 3.8) is 0 Å². The van der Waals surface area contributed by atoms with E-state index < -0.39 is 29.9 Å². The summed E-state index contributed by atoms with van der Waals surface area (Å²) < 4.78 is 52.9. The van der Waals surface area contributed by atoms with Crippen LogP contribution in [-0.2, 0) is 21.9 Å². The molecule has 45 heavy (non-hydrogen) atoms. The molecule has 6 rings (SSSR count). The van der Waals surface area contributed by atoms with Crippen LogP contribution in [0.2, 0.25) is 0 Å². The minimum absolute atomic E-state index is 0.0107. The third-order valence-electron chi connectivity index (χ3n) is 7.30. The predicted molar refractivity (Wildman–Crippen MR) is 156 cm³/mol. The van der Waals surface area contributed by atoms with E-state index in [0.29, 0.717) is 11.3 Å². The minimum atomic E-state index is -5.41. The Labute approximate surface area is 253 Å². The summed E-state index contributed by atoms with van der Waals surface area (Å²) in [6.07, 6.45) is -6.71. The fourth-order valence-electron chi connectivity index (χ4n) is 5.19. The molecule has 2 amide bonds. The second-order valence-electron chi connectivity index (χ2n) is 10.1. The van der Waals surface area contributed by atoms with E-state index in [0.717, 1.165) is 15.4 Å². The van der Waals surface area contributed by atoms with Crippen molar-refractivity contribution in [3.8, 4) is 5.75 Å². The predicted octanol–water partition coefficient (Wildman–Crippen LogP) is 6.22. The Morgan fingerprint density at radius 3 is 2.44 bits per heavy atom. The highest BCUT2D eigenvalue weighted by molar-refractivity contribution is 6.13. The van der Waals surface area contributed by atoms with Gasteiger partial charge in [0, 0.05) is 29.8 Å². The average Bonchev–Trinajstić information content (AvgIpc) is 3.57. The number of rotatable bonds is 7. The van der Waals surface area contributed by atoms with Crippen molar-refractivity contribution in [1.82, 2.24) is 9.97 Å². The summed E-state index contributed by atoms with van der Waals surface area (Å²) in [5.41, 5.74) is -1.04. The fraction of sp³-hybridized carbons (Fsp3) is 0.125. The van der Waals surface area contributed by atoms with Crippen LogP contribution in [0.3, 0.4) is 0 Å². The molecule has 10 nitrogen and oxygen atoms in total. The van der Waals surface area contributed by atoms with Crippen molar-refractivity contribution >= 4 is 40.6 Å². The number of nitrogens with one attached hydrogen (secondary N) is 1. The van der Waals surface area contributed by atoms with E-state index >= 15 is 0 Å². The molecular formula is C32H23F3N4O6. The van der Waals surface area contributed by atoms with E-state index in [9.17, 15) is 32.7 Å². The molecule has 1 unspecified atom stereocenters. The van der Waals surface area contributed by atoms with Crippen LogP contribution in [0.15, 0.2) is 97.1 Å². The number of anilines is 2. The highest BCUT2D eigenvalue weighted by Crippen LogP contribution is 2.49. The second kappa shape index (κ2) is 11.0. The average molecular weight is 617 g/mol. The number of hydrogen-bond acceptors (Lipinski definition) is 6. The molecular weight excluding hydrogens is 593 g/mol. The van der Waals surface area contributed by atoms with Gasteiger partial charge in [0.05, 0.1) is 16.7 Å². The van der Waals surface area contributed by atoms with Crippen LogP contribution in [0, 0.1) is 0 Å². The number of aromatic nitrogens is 2. The Bertz CT molecular complexity index is 1940. The summed E-state index contributed by atoms with van der Waals surface area (Å²) in [6.45, 7) is 0.176. The van der Waals surface area contributed by atoms with Crippen LogP contribution < -0.4 is 14.5 Å². The Morgan fingerprint density at radius 1 is 0.978 bits per heavy atom. The van der Waals surface area contributed by atoms with Gasteiger partial charge >= 0.3 is 18.2 Å². The molecule has 0 aliphatic carbocycles. The van der Waals surface area contributed by atoms with Gasteiger partial charge in [0.25, 0.3) is 5.91 Å². The number of esters is 1. The van der Waals surface area contributed by atoms with Crippen LogP contribution >= 0.6 is 0 Å². The third-order valence-corrected chi connectivity index (χ3v) is 7.30. The first-order chi connectivity index (χ1) is 21.5. The number of carboxylic acid groups (broad SMARTS) is 1. The summed E-state index contributed by atoms with van der Waals surface area (Å²) in [5, 5.41) is 9.38. The number of ether oxygens (including phenoxy) is 2. The minimum Gasteiger partial charge on any atom is -0.489 e. The van der Waals surface area contributed by atoms with Gasteiger partial charge in [0.15, 0.2) is 0 Å². The van der Waals surface area contributed by atoms with E-state index in [1.807, 2.05) is 30.3 Å². The van der Waals surface area contributed by atoms with E-state index in [1.165, 1.54) is 55.6 Å². The zero-order chi connectivity index (χ0) is 31.9. The summed E-state index contributed by atoms with van der Waals surface area (Å²) in [6, 6.07) is 25.5. The number of carbonyl (C=O) groups excluding carboxylic acids is 2. The van der Waals surface area contributed by atoms with Crippen LogP contribution in [0.5, 0.6) is 5.75 Å². The third kappa shape index (κ3) is 5.18. The number of amides is 2. The molecule has 0 bridgehead atoms. The van der Waals surface area contributed by atoms with Gasteiger partial charge in [-0.25, -0.2) is 14.6 Å². The van der Waals surface area contributed by atoms with E-state index in [-0.39, 0.29) is 40.4 Å². The lowest BCUT2D eigenvalue weighted by molar-refractivity contribution is -0.211. The van der Waals surface area contributed by atoms with Crippen LogP contribution in [0.4, 0.5) is 29.6 Å². The van der Waals surface area contributed by atoms with Gasteiger partial charge in [-0.05, 0) is 35.9 Å². The van der Waals surface area contributed by atoms with E-state index in [2.05, 4.69) is 9.97 Å². The maximum atomic E-state index is 14.1. The smallest absolute Gasteiger partial charge is 0.489 e. The molecule has 13 heteroatoms. The summed E-state index contributed by atoms with van der Waals surface area (Å²) >= 11 is 0. The van der Waals surface area contributed by atoms with Gasteiger partial charge in [0.1, 0.15) is 12.4 Å². The molecule has 0 fully saturated rings. The fourth-order valence-corrected chi connectivity index (χ4v) is 5.19. The van der Waals surface area contributed by atoms with Crippen molar-refractivity contribution in [2.24, 2.45) is 0 Å². The van der Waals surface area contributed by atoms with Gasteiger partial charge in [-0.1, -0.05) is 60.7 Å². The maximum Gasteiger partial charge on any atom is 0.491 e. The summed E-state index contributed by atoms with van der Waals surface area (Å²) in [4.78, 5) is 47.1. The van der Waals surface area contributed by atoms with Gasteiger partial charge in [-0.2, -0.15) is 13.2 Å². The van der Waals surface area contributed by atoms with E-state index in [1.54, 1.807) is 18.2 Å². The number of nitrogens with zero attached hydrogens (tertiary/aromatic N) is 3. The van der Waals surface area contributed by atoms with Gasteiger partial charge in [0.2, 0.25) is 11.7 Å². The lowest BCUT2D eigenvalue weighted by atomic mass is 9.92. The van der Waals surface area contributed by atoms with Crippen molar-refractivity contribution < 1.29 is 42.1 Å². The van der Waals surface area contributed by atoms with Gasteiger partial charge < -0.3 is 19.6 Å². The van der Waals surface area contributed by atoms with E-state index in [4.69, 9.17) is 9.47 Å². The number of alkyl halides is 3. The summed E-state index contributed by atoms with van der Waals surface area (Å²) in [7, 11) is 1.26. The molecule has 5 aromatic rings. The van der Waals surface area contributed by atoms with Crippen molar-refractivity contribution in [3.05, 3.63) is 119 Å². The number of carbonyl (C=O) groups is 3. The SMILES string of the molecule is CN(C(=O)O)c1nc2cc(C3(OC(=O)C(F)(F)F)c4ccccc4C(=O)N3c3cccc(OCc4ccccc4)c3)ccc2[nH]1. The molecule has 0 saturated carbocycles. The molecule has 0 spiro atoms. The number of aromatic amines is 1. The normalized spacial score (nSPS) is 16.0. The molecule has 1 atom stereocenters. The monoisotopic (exact) mass is 616 g/mol. The lowest BCUT2D eigenvalue weighted by Crippen LogP contribution is -2.50. The number of imidazole rings is 1. The first kappa shape index (κ1) is 29.2. The van der Waals surface area contributed by atoms with Crippen LogP contribution in [0.25, 0.3) is 11.0 Å². The molecule has 4 aromatic carbocycles. The quantitative estimate of drug-likeness (QED) is 0.208. The highest BCUT2D eigenvalue weighted by Gasteiger charge is 2.58. The number of fused-ring (bicyclic) bond motifs is 2. The molecule has 2 heterocycles. The second-order valence-corrected chi connectivity index (χ2v) is 10.1. The number of halogens is 3. The number of hydrogen-bond donors (Lipinski definition) is 2. The van der Waals surface area contributed by atoms with Crippen LogP contribution in [0.1, 0.15) is 27.0 Å².